The molecule has 0 amide bonds. The predicted octanol–water partition coefficient (Wildman–Crippen LogP) is 1.93. The molecule has 0 aliphatic rings. The molecule has 0 unspecified atom stereocenters. The van der Waals surface area contributed by atoms with Crippen LogP contribution >= 0.6 is 23.8 Å². The van der Waals surface area contributed by atoms with Gasteiger partial charge in [0.05, 0.1) is 5.16 Å². The summed E-state index contributed by atoms with van der Waals surface area (Å²) < 4.78 is 0. The first-order chi connectivity index (χ1) is 6.13. The van der Waals surface area contributed by atoms with E-state index in [-0.39, 0.29) is 5.95 Å². The molecule has 0 saturated heterocycles. The Labute approximate surface area is 86.3 Å². The molecule has 0 aliphatic carbocycles. The molecule has 0 N–H and O–H groups in total. The molecule has 0 fully saturated rings. The summed E-state index contributed by atoms with van der Waals surface area (Å²) in [6, 6.07) is 1.64. The van der Waals surface area contributed by atoms with Crippen molar-refractivity contribution in [1.82, 2.24) is 9.97 Å². The minimum Gasteiger partial charge on any atom is -0.363 e. The first-order valence-electron chi connectivity index (χ1n) is 3.43. The van der Waals surface area contributed by atoms with E-state index in [0.717, 1.165) is 0 Å². The van der Waals surface area contributed by atoms with E-state index in [1.165, 1.54) is 0 Å². The lowest BCUT2D eigenvalue weighted by atomic mass is 10.5. The van der Waals surface area contributed by atoms with E-state index in [2.05, 4.69) is 32.3 Å². The fraction of sp³-hybridized carbons (Fsp3) is 0.286. The standard InChI is InChI=1S/C7H7ClN4S/c1-12(2)6-3-5(8)10-7(11-6)9-4-13/h3H,1-2H3. The molecule has 1 aromatic rings. The molecular weight excluding hydrogens is 208 g/mol. The molecule has 1 rings (SSSR count). The van der Waals surface area contributed by atoms with Crippen molar-refractivity contribution in [3.8, 4) is 0 Å². The van der Waals surface area contributed by atoms with Crippen molar-refractivity contribution in [2.75, 3.05) is 19.0 Å². The van der Waals surface area contributed by atoms with Crippen molar-refractivity contribution >= 4 is 40.7 Å². The Bertz CT molecular complexity index is 360. The van der Waals surface area contributed by atoms with E-state index >= 15 is 0 Å². The second-order valence-corrected chi connectivity index (χ2v) is 3.02. The summed E-state index contributed by atoms with van der Waals surface area (Å²) in [4.78, 5) is 13.3. The number of isothiocyanates is 1. The maximum atomic E-state index is 5.73. The van der Waals surface area contributed by atoms with Gasteiger partial charge < -0.3 is 4.90 Å². The minimum absolute atomic E-state index is 0.228. The Morgan fingerprint density at radius 2 is 2.23 bits per heavy atom. The number of anilines is 1. The summed E-state index contributed by atoms with van der Waals surface area (Å²) >= 11 is 10.2. The van der Waals surface area contributed by atoms with E-state index in [4.69, 9.17) is 11.6 Å². The molecule has 6 heteroatoms. The Morgan fingerprint density at radius 3 is 2.77 bits per heavy atom. The van der Waals surface area contributed by atoms with Crippen LogP contribution in [0.1, 0.15) is 0 Å². The summed E-state index contributed by atoms with van der Waals surface area (Å²) in [6.45, 7) is 0. The number of nitrogens with zero attached hydrogens (tertiary/aromatic N) is 4. The van der Waals surface area contributed by atoms with Gasteiger partial charge in [-0.15, -0.1) is 0 Å². The summed E-state index contributed by atoms with van der Waals surface area (Å²) in [5.74, 6) is 0.912. The lowest BCUT2D eigenvalue weighted by Gasteiger charge is -2.10. The Hall–Kier alpha value is -1.03. The van der Waals surface area contributed by atoms with Crippen molar-refractivity contribution < 1.29 is 0 Å². The van der Waals surface area contributed by atoms with Gasteiger partial charge >= 0.3 is 0 Å². The predicted molar refractivity (Wildman–Crippen MR) is 56.1 cm³/mol. The van der Waals surface area contributed by atoms with Gasteiger partial charge in [0.2, 0.25) is 0 Å². The highest BCUT2D eigenvalue weighted by molar-refractivity contribution is 7.78. The lowest BCUT2D eigenvalue weighted by molar-refractivity contribution is 1.03. The highest BCUT2D eigenvalue weighted by Gasteiger charge is 2.02. The van der Waals surface area contributed by atoms with Crippen LogP contribution in [0.4, 0.5) is 11.8 Å². The molecule has 4 nitrogen and oxygen atoms in total. The quantitative estimate of drug-likeness (QED) is 0.429. The molecule has 68 valence electrons. The zero-order valence-electron chi connectivity index (χ0n) is 7.15. The van der Waals surface area contributed by atoms with E-state index in [9.17, 15) is 0 Å². The van der Waals surface area contributed by atoms with Crippen molar-refractivity contribution in [2.45, 2.75) is 0 Å². The first-order valence-corrected chi connectivity index (χ1v) is 4.22. The van der Waals surface area contributed by atoms with Crippen LogP contribution in [0.2, 0.25) is 5.15 Å². The summed E-state index contributed by atoms with van der Waals surface area (Å²) in [7, 11) is 3.70. The number of aliphatic imine (C=N–C) groups is 1. The van der Waals surface area contributed by atoms with E-state index in [0.29, 0.717) is 11.0 Å². The zero-order valence-corrected chi connectivity index (χ0v) is 8.72. The molecule has 13 heavy (non-hydrogen) atoms. The number of hydrogen-bond acceptors (Lipinski definition) is 5. The highest BCUT2D eigenvalue weighted by atomic mass is 35.5. The molecule has 1 heterocycles. The first kappa shape index (κ1) is 10.1. The molecule has 0 aromatic carbocycles. The van der Waals surface area contributed by atoms with E-state index < -0.39 is 0 Å². The summed E-state index contributed by atoms with van der Waals surface area (Å²) in [6.07, 6.45) is 0. The maximum absolute atomic E-state index is 5.73. The van der Waals surface area contributed by atoms with E-state index in [1.54, 1.807) is 11.0 Å². The van der Waals surface area contributed by atoms with Crippen LogP contribution in [0.25, 0.3) is 0 Å². The fourth-order valence-electron chi connectivity index (χ4n) is 0.714. The van der Waals surface area contributed by atoms with Crippen molar-refractivity contribution in [3.05, 3.63) is 11.2 Å². The highest BCUT2D eigenvalue weighted by Crippen LogP contribution is 2.17. The van der Waals surface area contributed by atoms with Crippen LogP contribution in [0.15, 0.2) is 11.1 Å². The fourth-order valence-corrected chi connectivity index (χ4v) is 0.969. The maximum Gasteiger partial charge on any atom is 0.261 e. The van der Waals surface area contributed by atoms with Gasteiger partial charge in [0.1, 0.15) is 11.0 Å². The van der Waals surface area contributed by atoms with Gasteiger partial charge in [0, 0.05) is 20.2 Å². The average molecular weight is 215 g/mol. The van der Waals surface area contributed by atoms with Gasteiger partial charge in [-0.05, 0) is 12.2 Å². The molecule has 0 saturated carbocycles. The molecule has 0 aliphatic heterocycles. The number of hydrogen-bond donors (Lipinski definition) is 0. The van der Waals surface area contributed by atoms with Crippen LogP contribution in [0.5, 0.6) is 0 Å². The SMILES string of the molecule is CN(C)c1cc(Cl)nc(N=C=S)n1. The van der Waals surface area contributed by atoms with Crippen molar-refractivity contribution in [2.24, 2.45) is 4.99 Å². The van der Waals surface area contributed by atoms with Crippen LogP contribution < -0.4 is 4.90 Å². The Morgan fingerprint density at radius 1 is 1.54 bits per heavy atom. The van der Waals surface area contributed by atoms with Gasteiger partial charge in [0.25, 0.3) is 5.95 Å². The largest absolute Gasteiger partial charge is 0.363 e. The van der Waals surface area contributed by atoms with Crippen molar-refractivity contribution in [1.29, 1.82) is 0 Å². The van der Waals surface area contributed by atoms with Gasteiger partial charge in [-0.2, -0.15) is 15.0 Å². The number of thiocarbonyl (C=S) groups is 1. The second-order valence-electron chi connectivity index (χ2n) is 2.45. The smallest absolute Gasteiger partial charge is 0.261 e. The Balaban J connectivity index is 3.18. The number of aromatic nitrogens is 2. The average Bonchev–Trinajstić information content (AvgIpc) is 2.03. The number of rotatable bonds is 2. The second kappa shape index (κ2) is 4.28. The Kier molecular flexibility index (Phi) is 3.31. The number of halogens is 1. The van der Waals surface area contributed by atoms with Crippen LogP contribution in [0, 0.1) is 0 Å². The van der Waals surface area contributed by atoms with Crippen LogP contribution in [0.3, 0.4) is 0 Å². The third kappa shape index (κ3) is 2.73. The zero-order chi connectivity index (χ0) is 9.84. The van der Waals surface area contributed by atoms with Gasteiger partial charge in [-0.1, -0.05) is 11.6 Å². The van der Waals surface area contributed by atoms with Crippen molar-refractivity contribution in [3.63, 3.8) is 0 Å². The molecule has 0 atom stereocenters. The molecule has 0 radical (unpaired) electrons. The van der Waals surface area contributed by atoms with Crippen LogP contribution in [-0.2, 0) is 0 Å². The van der Waals surface area contributed by atoms with Crippen LogP contribution in [-0.4, -0.2) is 29.2 Å². The molecular formula is C7H7ClN4S. The third-order valence-corrected chi connectivity index (χ3v) is 1.56. The molecule has 0 spiro atoms. The normalized spacial score (nSPS) is 9.15. The summed E-state index contributed by atoms with van der Waals surface area (Å²) in [5.41, 5.74) is 0. The third-order valence-electron chi connectivity index (χ3n) is 1.27. The monoisotopic (exact) mass is 214 g/mol. The van der Waals surface area contributed by atoms with Gasteiger partial charge in [-0.3, -0.25) is 0 Å². The molecule has 1 aromatic heterocycles. The topological polar surface area (TPSA) is 41.4 Å². The lowest BCUT2D eigenvalue weighted by Crippen LogP contribution is -2.10. The van der Waals surface area contributed by atoms with Gasteiger partial charge in [-0.25, -0.2) is 0 Å². The van der Waals surface area contributed by atoms with E-state index in [1.807, 2.05) is 14.1 Å². The minimum atomic E-state index is 0.228. The molecule has 0 bridgehead atoms. The summed E-state index contributed by atoms with van der Waals surface area (Å²) in [5, 5.41) is 2.52. The van der Waals surface area contributed by atoms with Gasteiger partial charge in [0.15, 0.2) is 0 Å².